The third kappa shape index (κ3) is 3.09. The molecule has 0 spiro atoms. The lowest BCUT2D eigenvalue weighted by Gasteiger charge is -2.20. The van der Waals surface area contributed by atoms with Gasteiger partial charge < -0.3 is 9.84 Å². The summed E-state index contributed by atoms with van der Waals surface area (Å²) in [5.41, 5.74) is -0.295. The van der Waals surface area contributed by atoms with Crippen molar-refractivity contribution in [2.24, 2.45) is 0 Å². The lowest BCUT2D eigenvalue weighted by Crippen LogP contribution is -2.40. The number of benzene rings is 1. The maximum Gasteiger partial charge on any atom is 0.230 e. The third-order valence-electron chi connectivity index (χ3n) is 3.96. The first-order valence-electron chi connectivity index (χ1n) is 7.35. The normalized spacial score (nSPS) is 20.4. The Morgan fingerprint density at radius 2 is 2.09 bits per heavy atom. The van der Waals surface area contributed by atoms with Gasteiger partial charge in [-0.3, -0.25) is 4.79 Å². The minimum atomic E-state index is -0.751. The molecule has 1 saturated carbocycles. The van der Waals surface area contributed by atoms with Crippen LogP contribution in [0.25, 0.3) is 0 Å². The number of carbonyl (C=O) groups excluding carboxylic acids is 1. The van der Waals surface area contributed by atoms with E-state index in [-0.39, 0.29) is 17.7 Å². The smallest absolute Gasteiger partial charge is 0.230 e. The minimum Gasteiger partial charge on any atom is -0.344 e. The Balaban J connectivity index is 1.77. The van der Waals surface area contributed by atoms with Gasteiger partial charge in [-0.25, -0.2) is 8.78 Å². The molecule has 1 fully saturated rings. The molecule has 3 rings (SSSR count). The van der Waals surface area contributed by atoms with E-state index < -0.39 is 17.2 Å². The van der Waals surface area contributed by atoms with Gasteiger partial charge in [-0.1, -0.05) is 11.2 Å². The fourth-order valence-corrected chi connectivity index (χ4v) is 2.75. The van der Waals surface area contributed by atoms with Gasteiger partial charge in [-0.05, 0) is 37.8 Å². The molecule has 0 saturated heterocycles. The van der Waals surface area contributed by atoms with E-state index in [0.29, 0.717) is 23.7 Å². The van der Waals surface area contributed by atoms with Crippen LogP contribution in [0.1, 0.15) is 56.3 Å². The van der Waals surface area contributed by atoms with Crippen LogP contribution in [0, 0.1) is 11.6 Å². The Hall–Kier alpha value is -2.31. The quantitative estimate of drug-likeness (QED) is 0.940. The molecule has 7 heteroatoms. The molecule has 1 N–H and O–H groups in total. The molecule has 1 aliphatic rings. The van der Waals surface area contributed by atoms with Crippen molar-refractivity contribution in [2.75, 3.05) is 0 Å². The summed E-state index contributed by atoms with van der Waals surface area (Å²) >= 11 is 0. The first-order chi connectivity index (χ1) is 10.8. The maximum absolute atomic E-state index is 13.8. The summed E-state index contributed by atoms with van der Waals surface area (Å²) < 4.78 is 32.1. The lowest BCUT2D eigenvalue weighted by atomic mass is 10.1. The molecule has 5 nitrogen and oxygen atoms in total. The Kier molecular flexibility index (Phi) is 3.66. The third-order valence-corrected chi connectivity index (χ3v) is 3.96. The predicted molar refractivity (Wildman–Crippen MR) is 77.6 cm³/mol. The highest BCUT2D eigenvalue weighted by atomic mass is 19.1. The molecule has 0 aliphatic heterocycles. The molecule has 23 heavy (non-hydrogen) atoms. The van der Waals surface area contributed by atoms with Gasteiger partial charge in [-0.15, -0.1) is 0 Å². The average Bonchev–Trinajstić information content (AvgIpc) is 3.04. The predicted octanol–water partition coefficient (Wildman–Crippen LogP) is 2.99. The Bertz CT molecular complexity index is 758. The van der Waals surface area contributed by atoms with Crippen molar-refractivity contribution < 1.29 is 18.1 Å². The summed E-state index contributed by atoms with van der Waals surface area (Å²) in [6, 6.07) is 3.57. The van der Waals surface area contributed by atoms with E-state index in [1.54, 1.807) is 13.8 Å². The Morgan fingerprint density at radius 3 is 2.74 bits per heavy atom. The molecule has 1 aromatic heterocycles. The van der Waals surface area contributed by atoms with Crippen molar-refractivity contribution in [3.05, 3.63) is 47.1 Å². The van der Waals surface area contributed by atoms with Crippen molar-refractivity contribution >= 4 is 5.91 Å². The van der Waals surface area contributed by atoms with E-state index >= 15 is 0 Å². The summed E-state index contributed by atoms with van der Waals surface area (Å²) in [7, 11) is 0. The number of nitrogens with zero attached hydrogens (tertiary/aromatic N) is 2. The number of hydrogen-bond acceptors (Lipinski definition) is 4. The highest BCUT2D eigenvalue weighted by Gasteiger charge is 2.45. The number of rotatable bonds is 4. The molecule has 1 amide bonds. The standard InChI is InChI=1S/C16H17F2N3O2/c1-8(22)20-16(2,3)15-19-14(23-21-15)12-7-11(12)10-5-4-9(17)6-13(10)18/h4-6,11-12H,7H2,1-3H3,(H,20,22)/t11-,12+/m1/s1. The number of hydrogen-bond donors (Lipinski definition) is 1. The van der Waals surface area contributed by atoms with Crippen molar-refractivity contribution in [2.45, 2.75) is 44.6 Å². The highest BCUT2D eigenvalue weighted by molar-refractivity contribution is 5.73. The lowest BCUT2D eigenvalue weighted by molar-refractivity contribution is -0.120. The molecular weight excluding hydrogens is 304 g/mol. The topological polar surface area (TPSA) is 68.0 Å². The van der Waals surface area contributed by atoms with E-state index in [4.69, 9.17) is 4.52 Å². The van der Waals surface area contributed by atoms with Crippen molar-refractivity contribution in [1.29, 1.82) is 0 Å². The monoisotopic (exact) mass is 321 g/mol. The van der Waals surface area contributed by atoms with Gasteiger partial charge in [0.05, 0.1) is 5.54 Å². The molecule has 122 valence electrons. The van der Waals surface area contributed by atoms with Gasteiger partial charge in [0, 0.05) is 18.9 Å². The van der Waals surface area contributed by atoms with Crippen LogP contribution in [-0.2, 0) is 10.3 Å². The molecule has 2 aromatic rings. The van der Waals surface area contributed by atoms with Gasteiger partial charge in [0.2, 0.25) is 11.8 Å². The van der Waals surface area contributed by atoms with E-state index in [0.717, 1.165) is 6.07 Å². The van der Waals surface area contributed by atoms with E-state index in [1.165, 1.54) is 19.1 Å². The van der Waals surface area contributed by atoms with Crippen LogP contribution in [0.5, 0.6) is 0 Å². The Morgan fingerprint density at radius 1 is 1.35 bits per heavy atom. The molecule has 1 aliphatic carbocycles. The zero-order valence-corrected chi connectivity index (χ0v) is 13.1. The number of aromatic nitrogens is 2. The number of nitrogens with one attached hydrogen (secondary N) is 1. The van der Waals surface area contributed by atoms with E-state index in [2.05, 4.69) is 15.5 Å². The van der Waals surface area contributed by atoms with Crippen LogP contribution in [0.3, 0.4) is 0 Å². The van der Waals surface area contributed by atoms with Gasteiger partial charge in [0.25, 0.3) is 0 Å². The maximum atomic E-state index is 13.8. The van der Waals surface area contributed by atoms with Crippen molar-refractivity contribution in [1.82, 2.24) is 15.5 Å². The second-order valence-electron chi connectivity index (χ2n) is 6.38. The molecular formula is C16H17F2N3O2. The molecule has 2 atom stereocenters. The van der Waals surface area contributed by atoms with Crippen LogP contribution in [0.4, 0.5) is 8.78 Å². The summed E-state index contributed by atoms with van der Waals surface area (Å²) in [5.74, 6) is -0.743. The number of amides is 1. The SMILES string of the molecule is CC(=O)NC(C)(C)c1noc([C@H]2C[C@@H]2c2ccc(F)cc2F)n1. The fraction of sp³-hybridized carbons (Fsp3) is 0.438. The molecule has 0 unspecified atom stereocenters. The van der Waals surface area contributed by atoms with Crippen molar-refractivity contribution in [3.63, 3.8) is 0 Å². The van der Waals surface area contributed by atoms with Gasteiger partial charge >= 0.3 is 0 Å². The van der Waals surface area contributed by atoms with Gasteiger partial charge in [0.1, 0.15) is 11.6 Å². The molecule has 0 radical (unpaired) electrons. The Labute approximate surface area is 132 Å². The second-order valence-corrected chi connectivity index (χ2v) is 6.38. The van der Waals surface area contributed by atoms with Gasteiger partial charge in [0.15, 0.2) is 5.82 Å². The number of carbonyl (C=O) groups is 1. The first-order valence-corrected chi connectivity index (χ1v) is 7.35. The second kappa shape index (κ2) is 5.40. The zero-order chi connectivity index (χ0) is 16.8. The largest absolute Gasteiger partial charge is 0.344 e. The molecule has 1 aromatic carbocycles. The molecule has 1 heterocycles. The van der Waals surface area contributed by atoms with Crippen LogP contribution < -0.4 is 5.32 Å². The van der Waals surface area contributed by atoms with E-state index in [1.807, 2.05) is 0 Å². The van der Waals surface area contributed by atoms with Crippen molar-refractivity contribution in [3.8, 4) is 0 Å². The summed E-state index contributed by atoms with van der Waals surface area (Å²) in [6.45, 7) is 4.96. The van der Waals surface area contributed by atoms with Crippen LogP contribution in [0.15, 0.2) is 22.7 Å². The van der Waals surface area contributed by atoms with E-state index in [9.17, 15) is 13.6 Å². The summed E-state index contributed by atoms with van der Waals surface area (Å²) in [4.78, 5) is 15.5. The first kappa shape index (κ1) is 15.6. The summed E-state index contributed by atoms with van der Waals surface area (Å²) in [5, 5.41) is 6.65. The minimum absolute atomic E-state index is 0.0793. The highest BCUT2D eigenvalue weighted by Crippen LogP contribution is 2.54. The fourth-order valence-electron chi connectivity index (χ4n) is 2.75. The molecule has 0 bridgehead atoms. The number of halogens is 2. The van der Waals surface area contributed by atoms with Crippen LogP contribution >= 0.6 is 0 Å². The average molecular weight is 321 g/mol. The van der Waals surface area contributed by atoms with Gasteiger partial charge in [-0.2, -0.15) is 4.98 Å². The van der Waals surface area contributed by atoms with Crippen LogP contribution in [-0.4, -0.2) is 16.0 Å². The van der Waals surface area contributed by atoms with Crippen LogP contribution in [0.2, 0.25) is 0 Å². The zero-order valence-electron chi connectivity index (χ0n) is 13.1. The summed E-state index contributed by atoms with van der Waals surface area (Å²) in [6.07, 6.45) is 0.671.